The Morgan fingerprint density at radius 3 is 2.77 bits per heavy atom. The quantitative estimate of drug-likeness (QED) is 0.754. The number of hydrogen-bond donors (Lipinski definition) is 2. The van der Waals surface area contributed by atoms with Crippen molar-refractivity contribution < 1.29 is 22.7 Å². The van der Waals surface area contributed by atoms with Crippen LogP contribution < -0.4 is 15.4 Å². The minimum atomic E-state index is -3.67. The largest absolute Gasteiger partial charge is 0.496 e. The second-order valence-electron chi connectivity index (χ2n) is 6.40. The van der Waals surface area contributed by atoms with Gasteiger partial charge in [0.25, 0.3) is 5.91 Å². The number of carbonyl (C=O) groups excluding carboxylic acids is 1. The van der Waals surface area contributed by atoms with Crippen molar-refractivity contribution in [2.45, 2.75) is 23.8 Å². The van der Waals surface area contributed by atoms with Crippen LogP contribution in [0.4, 0.5) is 0 Å². The van der Waals surface area contributed by atoms with Gasteiger partial charge in [0, 0.05) is 25.7 Å². The zero-order valence-corrected chi connectivity index (χ0v) is 15.7. The van der Waals surface area contributed by atoms with Gasteiger partial charge in [0.2, 0.25) is 10.0 Å². The van der Waals surface area contributed by atoms with Crippen LogP contribution in [0.1, 0.15) is 23.2 Å². The molecule has 8 nitrogen and oxygen atoms in total. The molecule has 0 saturated carbocycles. The smallest absolute Gasteiger partial charge is 0.255 e. The van der Waals surface area contributed by atoms with Crippen LogP contribution in [0.25, 0.3) is 0 Å². The minimum absolute atomic E-state index is 0.0282. The molecule has 1 atom stereocenters. The number of sulfonamides is 1. The van der Waals surface area contributed by atoms with Crippen molar-refractivity contribution in [1.82, 2.24) is 14.9 Å². The van der Waals surface area contributed by atoms with E-state index in [0.29, 0.717) is 38.6 Å². The zero-order valence-electron chi connectivity index (χ0n) is 14.9. The van der Waals surface area contributed by atoms with Crippen molar-refractivity contribution in [1.29, 1.82) is 0 Å². The number of nitrogens with zero attached hydrogens (tertiary/aromatic N) is 1. The van der Waals surface area contributed by atoms with E-state index < -0.39 is 10.0 Å². The average molecular weight is 383 g/mol. The van der Waals surface area contributed by atoms with Crippen LogP contribution >= 0.6 is 0 Å². The second-order valence-corrected chi connectivity index (χ2v) is 8.33. The number of rotatable bonds is 5. The van der Waals surface area contributed by atoms with Gasteiger partial charge in [-0.25, -0.2) is 8.42 Å². The van der Waals surface area contributed by atoms with E-state index in [0.717, 1.165) is 19.4 Å². The Labute approximate surface area is 153 Å². The van der Waals surface area contributed by atoms with Gasteiger partial charge in [-0.15, -0.1) is 0 Å². The Kier molecular flexibility index (Phi) is 6.13. The molecule has 1 aromatic carbocycles. The maximum atomic E-state index is 12.8. The highest BCUT2D eigenvalue weighted by Crippen LogP contribution is 2.25. The first kappa shape index (κ1) is 19.1. The highest BCUT2D eigenvalue weighted by atomic mass is 32.2. The summed E-state index contributed by atoms with van der Waals surface area (Å²) in [6.07, 6.45) is 1.89. The lowest BCUT2D eigenvalue weighted by molar-refractivity contribution is 0.0730. The second kappa shape index (κ2) is 8.34. The van der Waals surface area contributed by atoms with Gasteiger partial charge in [-0.1, -0.05) is 0 Å². The number of nitrogens with one attached hydrogen (secondary N) is 2. The summed E-state index contributed by atoms with van der Waals surface area (Å²) in [6, 6.07) is 4.43. The molecule has 2 saturated heterocycles. The van der Waals surface area contributed by atoms with E-state index in [1.165, 1.54) is 29.6 Å². The molecule has 144 valence electrons. The fourth-order valence-corrected chi connectivity index (χ4v) is 4.63. The number of morpholine rings is 1. The molecule has 1 aromatic rings. The van der Waals surface area contributed by atoms with Crippen LogP contribution in [0.5, 0.6) is 5.75 Å². The van der Waals surface area contributed by atoms with Crippen molar-refractivity contribution in [3.63, 3.8) is 0 Å². The molecule has 2 aliphatic rings. The average Bonchev–Trinajstić information content (AvgIpc) is 2.69. The van der Waals surface area contributed by atoms with Gasteiger partial charge < -0.3 is 20.1 Å². The number of methoxy groups -OCH3 is 1. The fraction of sp³-hybridized carbons (Fsp3) is 0.588. The summed E-state index contributed by atoms with van der Waals surface area (Å²) in [7, 11) is -2.21. The van der Waals surface area contributed by atoms with Gasteiger partial charge in [-0.05, 0) is 37.6 Å². The molecule has 9 heteroatoms. The third-order valence-corrected chi connectivity index (χ3v) is 6.55. The van der Waals surface area contributed by atoms with Crippen LogP contribution in [-0.2, 0) is 14.8 Å². The van der Waals surface area contributed by atoms with Crippen molar-refractivity contribution in [3.8, 4) is 5.75 Å². The van der Waals surface area contributed by atoms with Gasteiger partial charge in [0.05, 0.1) is 30.8 Å². The first-order valence-corrected chi connectivity index (χ1v) is 10.2. The molecule has 0 spiro atoms. The standard InChI is InChI=1S/C17H25N3O5S/c1-24-16-5-4-14(26(22,23)20-7-9-25-10-8-20)11-15(16)17(21)19-13-3-2-6-18-12-13/h4-5,11,13,18H,2-3,6-10,12H2,1H3,(H,19,21). The molecule has 0 aliphatic carbocycles. The Bertz CT molecular complexity index is 741. The minimum Gasteiger partial charge on any atom is -0.496 e. The molecule has 2 fully saturated rings. The SMILES string of the molecule is COc1ccc(S(=O)(=O)N2CCOCC2)cc1C(=O)NC1CCCNC1. The summed E-state index contributed by atoms with van der Waals surface area (Å²) >= 11 is 0. The number of benzene rings is 1. The summed E-state index contributed by atoms with van der Waals surface area (Å²) in [4.78, 5) is 12.8. The number of amides is 1. The van der Waals surface area contributed by atoms with Crippen molar-refractivity contribution in [3.05, 3.63) is 23.8 Å². The molecule has 2 aliphatic heterocycles. The van der Waals surface area contributed by atoms with Gasteiger partial charge in [-0.2, -0.15) is 4.31 Å². The normalized spacial score (nSPS) is 22.0. The molecular formula is C17H25N3O5S. The molecule has 0 bridgehead atoms. The van der Waals surface area contributed by atoms with Gasteiger partial charge in [-0.3, -0.25) is 4.79 Å². The van der Waals surface area contributed by atoms with E-state index in [-0.39, 0.29) is 22.4 Å². The molecule has 26 heavy (non-hydrogen) atoms. The number of ether oxygens (including phenoxy) is 2. The van der Waals surface area contributed by atoms with E-state index in [1.54, 1.807) is 0 Å². The molecule has 0 radical (unpaired) electrons. The number of piperidine rings is 1. The first-order valence-electron chi connectivity index (χ1n) is 8.80. The van der Waals surface area contributed by atoms with Gasteiger partial charge in [0.15, 0.2) is 0 Å². The lowest BCUT2D eigenvalue weighted by Crippen LogP contribution is -2.45. The maximum absolute atomic E-state index is 12.8. The van der Waals surface area contributed by atoms with Crippen LogP contribution in [0.2, 0.25) is 0 Å². The predicted octanol–water partition coefficient (Wildman–Crippen LogP) is 0.198. The summed E-state index contributed by atoms with van der Waals surface area (Å²) in [5.41, 5.74) is 0.229. The summed E-state index contributed by atoms with van der Waals surface area (Å²) in [5, 5.41) is 6.20. The van der Waals surface area contributed by atoms with Crippen molar-refractivity contribution in [2.24, 2.45) is 0 Å². The van der Waals surface area contributed by atoms with Crippen molar-refractivity contribution in [2.75, 3.05) is 46.5 Å². The van der Waals surface area contributed by atoms with Crippen LogP contribution in [0, 0.1) is 0 Å². The molecule has 1 unspecified atom stereocenters. The van der Waals surface area contributed by atoms with Crippen molar-refractivity contribution >= 4 is 15.9 Å². The molecular weight excluding hydrogens is 358 g/mol. The lowest BCUT2D eigenvalue weighted by Gasteiger charge is -2.26. The van der Waals surface area contributed by atoms with E-state index in [2.05, 4.69) is 10.6 Å². The first-order chi connectivity index (χ1) is 12.5. The van der Waals surface area contributed by atoms with Crippen LogP contribution in [-0.4, -0.2) is 71.2 Å². The number of hydrogen-bond acceptors (Lipinski definition) is 6. The summed E-state index contributed by atoms with van der Waals surface area (Å²) in [6.45, 7) is 3.02. The molecule has 2 heterocycles. The van der Waals surface area contributed by atoms with Gasteiger partial charge >= 0.3 is 0 Å². The monoisotopic (exact) mass is 383 g/mol. The van der Waals surface area contributed by atoms with Crippen LogP contribution in [0.15, 0.2) is 23.1 Å². The zero-order chi connectivity index (χ0) is 18.6. The summed E-state index contributed by atoms with van der Waals surface area (Å²) in [5.74, 6) is 0.0294. The summed E-state index contributed by atoms with van der Waals surface area (Å²) < 4.78 is 37.5. The predicted molar refractivity (Wildman–Crippen MR) is 95.9 cm³/mol. The molecule has 0 aromatic heterocycles. The Morgan fingerprint density at radius 1 is 1.35 bits per heavy atom. The fourth-order valence-electron chi connectivity index (χ4n) is 3.20. The van der Waals surface area contributed by atoms with E-state index >= 15 is 0 Å². The topological polar surface area (TPSA) is 97.0 Å². The third-order valence-electron chi connectivity index (χ3n) is 4.66. The maximum Gasteiger partial charge on any atom is 0.255 e. The lowest BCUT2D eigenvalue weighted by atomic mass is 10.1. The van der Waals surface area contributed by atoms with E-state index in [4.69, 9.17) is 9.47 Å². The van der Waals surface area contributed by atoms with Crippen LogP contribution in [0.3, 0.4) is 0 Å². The Balaban J connectivity index is 1.84. The highest BCUT2D eigenvalue weighted by Gasteiger charge is 2.28. The van der Waals surface area contributed by atoms with Gasteiger partial charge in [0.1, 0.15) is 5.75 Å². The Hall–Kier alpha value is -1.68. The Morgan fingerprint density at radius 2 is 2.12 bits per heavy atom. The molecule has 1 amide bonds. The van der Waals surface area contributed by atoms with E-state index in [9.17, 15) is 13.2 Å². The van der Waals surface area contributed by atoms with E-state index in [1.807, 2.05) is 0 Å². The number of carbonyl (C=O) groups is 1. The molecule has 3 rings (SSSR count). The highest BCUT2D eigenvalue weighted by molar-refractivity contribution is 7.89. The third kappa shape index (κ3) is 4.17. The molecule has 2 N–H and O–H groups in total.